The van der Waals surface area contributed by atoms with Gasteiger partial charge in [-0.05, 0) is 65.4 Å². The number of azo groups is 1. The molecule has 0 radical (unpaired) electrons. The SMILES string of the molecule is Oc1[nH]c2ccc(Cl)cc2c1C=c1ccc2c(c1)N=NC=2/C=C/c1ccncc1. The largest absolute Gasteiger partial charge is 0.494 e. The third-order valence-electron chi connectivity index (χ3n) is 4.79. The first-order valence-corrected chi connectivity index (χ1v) is 9.41. The summed E-state index contributed by atoms with van der Waals surface area (Å²) in [5.41, 5.74) is 4.18. The molecule has 0 saturated heterocycles. The Morgan fingerprint density at radius 3 is 2.66 bits per heavy atom. The first-order chi connectivity index (χ1) is 14.2. The van der Waals surface area contributed by atoms with E-state index in [9.17, 15) is 5.11 Å². The maximum Gasteiger partial charge on any atom is 0.196 e. The molecule has 5 nitrogen and oxygen atoms in total. The van der Waals surface area contributed by atoms with Crippen LogP contribution in [-0.2, 0) is 0 Å². The zero-order chi connectivity index (χ0) is 19.8. The van der Waals surface area contributed by atoms with Gasteiger partial charge in [0.05, 0.1) is 11.4 Å². The van der Waals surface area contributed by atoms with Gasteiger partial charge in [-0.25, -0.2) is 0 Å². The Morgan fingerprint density at radius 2 is 1.79 bits per heavy atom. The Labute approximate surface area is 171 Å². The highest BCUT2D eigenvalue weighted by molar-refractivity contribution is 6.31. The normalized spacial score (nSPS) is 13.7. The van der Waals surface area contributed by atoms with Crippen molar-refractivity contribution < 1.29 is 5.11 Å². The number of benzene rings is 2. The summed E-state index contributed by atoms with van der Waals surface area (Å²) in [6, 6.07) is 15.3. The molecule has 0 atom stereocenters. The minimum absolute atomic E-state index is 0.108. The molecule has 3 heterocycles. The Balaban J connectivity index is 1.57. The van der Waals surface area contributed by atoms with Crippen molar-refractivity contribution in [2.75, 3.05) is 0 Å². The highest BCUT2D eigenvalue weighted by Crippen LogP contribution is 2.30. The van der Waals surface area contributed by atoms with Crippen molar-refractivity contribution >= 4 is 46.0 Å². The second-order valence-electron chi connectivity index (χ2n) is 6.70. The number of halogens is 1. The number of hydrogen-bond donors (Lipinski definition) is 2. The second-order valence-corrected chi connectivity index (χ2v) is 7.13. The molecule has 0 saturated carbocycles. The van der Waals surface area contributed by atoms with Gasteiger partial charge < -0.3 is 10.1 Å². The lowest BCUT2D eigenvalue weighted by molar-refractivity contribution is 0.457. The highest BCUT2D eigenvalue weighted by Gasteiger charge is 2.10. The molecule has 2 aromatic carbocycles. The van der Waals surface area contributed by atoms with Crippen LogP contribution in [0.25, 0.3) is 28.8 Å². The van der Waals surface area contributed by atoms with Gasteiger partial charge in [-0.1, -0.05) is 23.7 Å². The van der Waals surface area contributed by atoms with Gasteiger partial charge in [-0.2, -0.15) is 0 Å². The molecule has 2 N–H and O–H groups in total. The summed E-state index contributed by atoms with van der Waals surface area (Å²) in [6.45, 7) is 0. The van der Waals surface area contributed by atoms with Gasteiger partial charge in [0.1, 0.15) is 0 Å². The smallest absolute Gasteiger partial charge is 0.196 e. The molecule has 0 fully saturated rings. The molecule has 4 aromatic rings. The molecule has 1 aliphatic rings. The molecule has 0 aliphatic carbocycles. The Morgan fingerprint density at radius 1 is 0.931 bits per heavy atom. The first kappa shape index (κ1) is 17.4. The number of fused-ring (bicyclic) bond motifs is 2. The van der Waals surface area contributed by atoms with Gasteiger partial charge in [0.15, 0.2) is 5.88 Å². The molecule has 6 heteroatoms. The van der Waals surface area contributed by atoms with Crippen molar-refractivity contribution in [1.82, 2.24) is 9.97 Å². The Bertz CT molecular complexity index is 1420. The highest BCUT2D eigenvalue weighted by atomic mass is 35.5. The van der Waals surface area contributed by atoms with Crippen LogP contribution in [0.2, 0.25) is 5.02 Å². The van der Waals surface area contributed by atoms with Crippen LogP contribution < -0.4 is 10.4 Å². The quantitative estimate of drug-likeness (QED) is 0.526. The van der Waals surface area contributed by atoms with E-state index in [-0.39, 0.29) is 5.88 Å². The summed E-state index contributed by atoms with van der Waals surface area (Å²) in [7, 11) is 0. The molecule has 140 valence electrons. The molecule has 0 spiro atoms. The molecule has 0 amide bonds. The topological polar surface area (TPSA) is 73.6 Å². The summed E-state index contributed by atoms with van der Waals surface area (Å²) in [4.78, 5) is 6.99. The molecule has 0 unspecified atom stereocenters. The van der Waals surface area contributed by atoms with Gasteiger partial charge in [0.2, 0.25) is 0 Å². The minimum Gasteiger partial charge on any atom is -0.494 e. The predicted molar refractivity (Wildman–Crippen MR) is 115 cm³/mol. The number of pyridine rings is 1. The molecular formula is C23H15ClN4O. The van der Waals surface area contributed by atoms with Crippen LogP contribution in [0.4, 0.5) is 5.69 Å². The lowest BCUT2D eigenvalue weighted by Crippen LogP contribution is -2.08. The maximum atomic E-state index is 10.3. The minimum atomic E-state index is 0.108. The summed E-state index contributed by atoms with van der Waals surface area (Å²) in [5, 5.41) is 22.3. The number of aromatic amines is 1. The van der Waals surface area contributed by atoms with Crippen molar-refractivity contribution in [3.05, 3.63) is 93.6 Å². The average molecular weight is 399 g/mol. The zero-order valence-corrected chi connectivity index (χ0v) is 15.9. The average Bonchev–Trinajstić information content (AvgIpc) is 3.28. The summed E-state index contributed by atoms with van der Waals surface area (Å²) < 4.78 is 0. The van der Waals surface area contributed by atoms with E-state index >= 15 is 0 Å². The Hall–Kier alpha value is -3.70. The van der Waals surface area contributed by atoms with Crippen LogP contribution in [0.3, 0.4) is 0 Å². The summed E-state index contributed by atoms with van der Waals surface area (Å²) >= 11 is 6.12. The van der Waals surface area contributed by atoms with Crippen LogP contribution in [0.1, 0.15) is 11.1 Å². The maximum absolute atomic E-state index is 10.3. The Kier molecular flexibility index (Phi) is 4.22. The fourth-order valence-corrected chi connectivity index (χ4v) is 3.53. The van der Waals surface area contributed by atoms with Crippen LogP contribution in [-0.4, -0.2) is 15.1 Å². The molecule has 29 heavy (non-hydrogen) atoms. The van der Waals surface area contributed by atoms with Crippen molar-refractivity contribution in [2.45, 2.75) is 0 Å². The number of rotatable bonds is 3. The number of nitrogens with one attached hydrogen (secondary N) is 1. The fraction of sp³-hybridized carbons (Fsp3) is 0. The number of aromatic hydroxyl groups is 1. The van der Waals surface area contributed by atoms with E-state index in [1.165, 1.54) is 0 Å². The van der Waals surface area contributed by atoms with Gasteiger partial charge in [0, 0.05) is 39.1 Å². The van der Waals surface area contributed by atoms with E-state index in [4.69, 9.17) is 11.6 Å². The van der Waals surface area contributed by atoms with E-state index in [1.54, 1.807) is 18.5 Å². The van der Waals surface area contributed by atoms with Crippen molar-refractivity contribution in [1.29, 1.82) is 0 Å². The second kappa shape index (κ2) is 7.04. The van der Waals surface area contributed by atoms with Crippen LogP contribution in [0.5, 0.6) is 5.88 Å². The van der Waals surface area contributed by atoms with Gasteiger partial charge in [0.25, 0.3) is 0 Å². The van der Waals surface area contributed by atoms with Crippen LogP contribution in [0.15, 0.2) is 77.2 Å². The number of hydrogen-bond acceptors (Lipinski definition) is 4. The van der Waals surface area contributed by atoms with Gasteiger partial charge in [-0.3, -0.25) is 4.98 Å². The third kappa shape index (κ3) is 3.32. The lowest BCUT2D eigenvalue weighted by Gasteiger charge is -1.95. The van der Waals surface area contributed by atoms with E-state index in [1.807, 2.05) is 60.7 Å². The predicted octanol–water partition coefficient (Wildman–Crippen LogP) is 4.67. The van der Waals surface area contributed by atoms with Crippen LogP contribution in [0, 0.1) is 0 Å². The molecular weight excluding hydrogens is 384 g/mol. The van der Waals surface area contributed by atoms with E-state index in [0.29, 0.717) is 10.6 Å². The summed E-state index contributed by atoms with van der Waals surface area (Å²) in [5.74, 6) is 0.108. The van der Waals surface area contributed by atoms with E-state index < -0.39 is 0 Å². The molecule has 0 bridgehead atoms. The van der Waals surface area contributed by atoms with E-state index in [0.717, 1.165) is 38.3 Å². The van der Waals surface area contributed by atoms with Gasteiger partial charge >= 0.3 is 0 Å². The van der Waals surface area contributed by atoms with Crippen molar-refractivity contribution in [2.24, 2.45) is 10.2 Å². The number of H-pyrrole nitrogens is 1. The standard InChI is InChI=1S/C23H15ClN4O/c24-16-3-6-20-18(13-16)19(23(29)26-20)11-15-1-4-17-21(27-28-22(17)12-15)5-2-14-7-9-25-10-8-14/h1-13,26,29H/b5-2+,15-11?. The van der Waals surface area contributed by atoms with Crippen molar-refractivity contribution in [3.63, 3.8) is 0 Å². The monoisotopic (exact) mass is 398 g/mol. The zero-order valence-electron chi connectivity index (χ0n) is 15.2. The fourth-order valence-electron chi connectivity index (χ4n) is 3.36. The number of aromatic nitrogens is 2. The molecule has 5 rings (SSSR count). The number of nitrogens with zero attached hydrogens (tertiary/aromatic N) is 3. The molecule has 1 aliphatic heterocycles. The van der Waals surface area contributed by atoms with Crippen LogP contribution >= 0.6 is 11.6 Å². The molecule has 2 aromatic heterocycles. The first-order valence-electron chi connectivity index (χ1n) is 9.03. The summed E-state index contributed by atoms with van der Waals surface area (Å²) in [6.07, 6.45) is 9.35. The van der Waals surface area contributed by atoms with Gasteiger partial charge in [-0.15, -0.1) is 10.2 Å². The lowest BCUT2D eigenvalue weighted by atomic mass is 10.1. The third-order valence-corrected chi connectivity index (χ3v) is 5.03. The van der Waals surface area contributed by atoms with E-state index in [2.05, 4.69) is 20.2 Å². The van der Waals surface area contributed by atoms with Crippen molar-refractivity contribution in [3.8, 4) is 5.88 Å².